The van der Waals surface area contributed by atoms with Crippen LogP contribution in [0.3, 0.4) is 0 Å². The molecule has 0 radical (unpaired) electrons. The molecule has 8 heteroatoms. The van der Waals surface area contributed by atoms with E-state index in [2.05, 4.69) is 15.3 Å². The van der Waals surface area contributed by atoms with Crippen molar-refractivity contribution >= 4 is 40.2 Å². The van der Waals surface area contributed by atoms with Crippen LogP contribution >= 0.6 is 11.6 Å². The van der Waals surface area contributed by atoms with Crippen LogP contribution in [-0.4, -0.2) is 21.1 Å². The van der Waals surface area contributed by atoms with E-state index in [1.165, 1.54) is 18.2 Å². The second kappa shape index (κ2) is 5.63. The summed E-state index contributed by atoms with van der Waals surface area (Å²) in [4.78, 5) is 18.5. The molecule has 0 saturated heterocycles. The maximum Gasteiger partial charge on any atom is 0.274 e. The highest BCUT2D eigenvalue weighted by molar-refractivity contribution is 6.31. The summed E-state index contributed by atoms with van der Waals surface area (Å²) in [6.07, 6.45) is 0. The highest BCUT2D eigenvalue weighted by Crippen LogP contribution is 2.24. The predicted molar refractivity (Wildman–Crippen MR) is 80.0 cm³/mol. The molecule has 0 atom stereocenters. The third kappa shape index (κ3) is 2.72. The number of carbonyl (C=O) groups excluding carboxylic acids is 1. The largest absolute Gasteiger partial charge is 0.326 e. The number of aromatic amines is 1. The van der Waals surface area contributed by atoms with Gasteiger partial charge in [-0.1, -0.05) is 17.7 Å². The van der Waals surface area contributed by atoms with Gasteiger partial charge in [-0.2, -0.15) is 0 Å². The number of anilines is 2. The molecule has 0 fully saturated rings. The van der Waals surface area contributed by atoms with Crippen LogP contribution in [0.2, 0.25) is 5.02 Å². The molecule has 0 unspecified atom stereocenters. The fraction of sp³-hybridized carbons (Fsp3) is 0. The predicted octanol–water partition coefficient (Wildman–Crippen LogP) is 3.22. The molecule has 1 heterocycles. The zero-order chi connectivity index (χ0) is 15.7. The monoisotopic (exact) mass is 320 g/mol. The van der Waals surface area contributed by atoms with Crippen molar-refractivity contribution in [1.82, 2.24) is 15.4 Å². The van der Waals surface area contributed by atoms with Crippen LogP contribution in [0.4, 0.5) is 16.0 Å². The van der Waals surface area contributed by atoms with Crippen LogP contribution < -0.4 is 10.8 Å². The standard InChI is InChI=1S/C14H10ClFN4O2/c15-9-5-11-12(6-10(9)16)19-14(18-11)17-8-3-1-2-7(4-8)13(21)20-22/h1-6,22H,(H,20,21)(H2,17,18,19). The van der Waals surface area contributed by atoms with Crippen molar-refractivity contribution < 1.29 is 14.4 Å². The van der Waals surface area contributed by atoms with Crippen LogP contribution in [-0.2, 0) is 0 Å². The highest BCUT2D eigenvalue weighted by Gasteiger charge is 2.09. The Kier molecular flexibility index (Phi) is 3.66. The highest BCUT2D eigenvalue weighted by atomic mass is 35.5. The van der Waals surface area contributed by atoms with Gasteiger partial charge in [-0.05, 0) is 24.3 Å². The van der Waals surface area contributed by atoms with Gasteiger partial charge >= 0.3 is 0 Å². The fourth-order valence-corrected chi connectivity index (χ4v) is 2.17. The summed E-state index contributed by atoms with van der Waals surface area (Å²) < 4.78 is 13.4. The zero-order valence-corrected chi connectivity index (χ0v) is 11.8. The first-order valence-electron chi connectivity index (χ1n) is 6.23. The maximum atomic E-state index is 13.4. The van der Waals surface area contributed by atoms with Gasteiger partial charge in [-0.15, -0.1) is 0 Å². The topological polar surface area (TPSA) is 90.0 Å². The number of rotatable bonds is 3. The molecule has 1 amide bonds. The SMILES string of the molecule is O=C(NO)c1cccc(Nc2nc3cc(F)c(Cl)cc3[nH]2)c1. The van der Waals surface area contributed by atoms with Gasteiger partial charge in [-0.25, -0.2) is 14.9 Å². The van der Waals surface area contributed by atoms with Gasteiger partial charge in [-0.3, -0.25) is 10.0 Å². The molecule has 22 heavy (non-hydrogen) atoms. The average molecular weight is 321 g/mol. The Labute approximate surface area is 128 Å². The smallest absolute Gasteiger partial charge is 0.274 e. The number of hydroxylamine groups is 1. The van der Waals surface area contributed by atoms with Crippen LogP contribution in [0.15, 0.2) is 36.4 Å². The lowest BCUT2D eigenvalue weighted by Gasteiger charge is -2.04. The van der Waals surface area contributed by atoms with Crippen molar-refractivity contribution in [3.8, 4) is 0 Å². The number of halogens is 2. The fourth-order valence-electron chi connectivity index (χ4n) is 2.00. The Morgan fingerprint density at radius 3 is 2.91 bits per heavy atom. The van der Waals surface area contributed by atoms with Crippen molar-refractivity contribution in [1.29, 1.82) is 0 Å². The minimum atomic E-state index is -0.623. The van der Waals surface area contributed by atoms with Gasteiger partial charge in [0.25, 0.3) is 5.91 Å². The van der Waals surface area contributed by atoms with Gasteiger partial charge in [0.2, 0.25) is 5.95 Å². The molecule has 0 aliphatic carbocycles. The van der Waals surface area contributed by atoms with Crippen LogP contribution in [0, 0.1) is 5.82 Å². The number of nitrogens with zero attached hydrogens (tertiary/aromatic N) is 1. The number of imidazole rings is 1. The first-order valence-corrected chi connectivity index (χ1v) is 6.61. The number of hydrogen-bond acceptors (Lipinski definition) is 4. The summed E-state index contributed by atoms with van der Waals surface area (Å²) in [5.41, 5.74) is 3.42. The first-order chi connectivity index (χ1) is 10.6. The normalized spacial score (nSPS) is 10.7. The van der Waals surface area contributed by atoms with Crippen LogP contribution in [0.5, 0.6) is 0 Å². The van der Waals surface area contributed by atoms with Crippen molar-refractivity contribution in [3.63, 3.8) is 0 Å². The van der Waals surface area contributed by atoms with E-state index in [4.69, 9.17) is 16.8 Å². The summed E-state index contributed by atoms with van der Waals surface area (Å²) in [6.45, 7) is 0. The van der Waals surface area contributed by atoms with Crippen LogP contribution in [0.1, 0.15) is 10.4 Å². The van der Waals surface area contributed by atoms with Crippen molar-refractivity contribution in [2.75, 3.05) is 5.32 Å². The summed E-state index contributed by atoms with van der Waals surface area (Å²) in [6, 6.07) is 9.12. The van der Waals surface area contributed by atoms with E-state index in [0.717, 1.165) is 0 Å². The number of hydrogen-bond donors (Lipinski definition) is 4. The number of nitrogens with one attached hydrogen (secondary N) is 3. The molecule has 2 aromatic carbocycles. The Hall–Kier alpha value is -2.64. The second-order valence-corrected chi connectivity index (χ2v) is 4.92. The van der Waals surface area contributed by atoms with Gasteiger partial charge < -0.3 is 10.3 Å². The summed E-state index contributed by atoms with van der Waals surface area (Å²) in [5, 5.41) is 11.6. The summed E-state index contributed by atoms with van der Waals surface area (Å²) in [7, 11) is 0. The molecular formula is C14H10ClFN4O2. The third-order valence-electron chi connectivity index (χ3n) is 3.01. The van der Waals surface area contributed by atoms with Crippen molar-refractivity contribution in [2.24, 2.45) is 0 Å². The molecule has 0 aliphatic heterocycles. The lowest BCUT2D eigenvalue weighted by atomic mass is 10.2. The Balaban J connectivity index is 1.91. The molecule has 3 aromatic rings. The lowest BCUT2D eigenvalue weighted by molar-refractivity contribution is 0.0706. The van der Waals surface area contributed by atoms with E-state index in [9.17, 15) is 9.18 Å². The molecule has 4 N–H and O–H groups in total. The van der Waals surface area contributed by atoms with E-state index in [-0.39, 0.29) is 10.6 Å². The number of amides is 1. The van der Waals surface area contributed by atoms with Gasteiger partial charge in [0.1, 0.15) is 5.82 Å². The summed E-state index contributed by atoms with van der Waals surface area (Å²) in [5.74, 6) is -0.797. The minimum Gasteiger partial charge on any atom is -0.326 e. The zero-order valence-electron chi connectivity index (χ0n) is 11.0. The van der Waals surface area contributed by atoms with Crippen LogP contribution in [0.25, 0.3) is 11.0 Å². The third-order valence-corrected chi connectivity index (χ3v) is 3.30. The van der Waals surface area contributed by atoms with E-state index < -0.39 is 11.7 Å². The van der Waals surface area contributed by atoms with E-state index in [1.807, 2.05) is 0 Å². The Bertz CT molecular complexity index is 826. The average Bonchev–Trinajstić information content (AvgIpc) is 2.88. The number of benzene rings is 2. The molecule has 0 spiro atoms. The Morgan fingerprint density at radius 1 is 1.32 bits per heavy atom. The molecular weight excluding hydrogens is 311 g/mol. The molecule has 3 rings (SSSR count). The number of carbonyl (C=O) groups is 1. The van der Waals surface area contributed by atoms with E-state index >= 15 is 0 Å². The molecule has 1 aromatic heterocycles. The molecule has 112 valence electrons. The van der Waals surface area contributed by atoms with Gasteiger partial charge in [0.05, 0.1) is 16.1 Å². The Morgan fingerprint density at radius 2 is 2.14 bits per heavy atom. The molecule has 6 nitrogen and oxygen atoms in total. The summed E-state index contributed by atoms with van der Waals surface area (Å²) >= 11 is 5.72. The molecule has 0 aliphatic rings. The van der Waals surface area contributed by atoms with Gasteiger partial charge in [0, 0.05) is 17.3 Å². The molecule has 0 bridgehead atoms. The van der Waals surface area contributed by atoms with Crippen molar-refractivity contribution in [3.05, 3.63) is 52.8 Å². The number of aromatic nitrogens is 2. The quantitative estimate of drug-likeness (QED) is 0.440. The minimum absolute atomic E-state index is 0.00399. The maximum absolute atomic E-state index is 13.4. The van der Waals surface area contributed by atoms with E-state index in [1.54, 1.807) is 23.7 Å². The lowest BCUT2D eigenvalue weighted by Crippen LogP contribution is -2.18. The molecule has 0 saturated carbocycles. The van der Waals surface area contributed by atoms with Crippen molar-refractivity contribution in [2.45, 2.75) is 0 Å². The second-order valence-electron chi connectivity index (χ2n) is 4.52. The van der Waals surface area contributed by atoms with Gasteiger partial charge in [0.15, 0.2) is 0 Å². The number of H-pyrrole nitrogens is 1. The first kappa shape index (κ1) is 14.3. The number of fused-ring (bicyclic) bond motifs is 1. The van der Waals surface area contributed by atoms with E-state index in [0.29, 0.717) is 22.7 Å².